The fraction of sp³-hybridized carbons (Fsp3) is 0.667. The molecule has 9 heteroatoms. The fourth-order valence-electron chi connectivity index (χ4n) is 1.81. The van der Waals surface area contributed by atoms with Crippen LogP contribution in [-0.4, -0.2) is 47.8 Å². The maximum Gasteiger partial charge on any atom is 0.451 e. The molecule has 21 heavy (non-hydrogen) atoms. The Balaban J connectivity index is 2.17. The summed E-state index contributed by atoms with van der Waals surface area (Å²) in [5, 5.41) is 4.62. The number of nitrogens with one attached hydrogen (secondary N) is 2. The third-order valence-corrected chi connectivity index (χ3v) is 2.82. The summed E-state index contributed by atoms with van der Waals surface area (Å²) in [7, 11) is 0. The second-order valence-corrected chi connectivity index (χ2v) is 4.60. The van der Waals surface area contributed by atoms with E-state index in [2.05, 4.69) is 20.7 Å². The van der Waals surface area contributed by atoms with Gasteiger partial charge in [-0.25, -0.2) is 15.0 Å². The van der Waals surface area contributed by atoms with Crippen LogP contribution in [0.1, 0.15) is 19.2 Å². The average molecular weight is 305 g/mol. The second kappa shape index (κ2) is 6.90. The maximum atomic E-state index is 12.8. The van der Waals surface area contributed by atoms with E-state index < -0.39 is 12.0 Å². The van der Waals surface area contributed by atoms with E-state index in [0.717, 1.165) is 6.42 Å². The smallest absolute Gasteiger partial charge is 0.379 e. The molecule has 0 aliphatic carbocycles. The monoisotopic (exact) mass is 305 g/mol. The number of hydrazine groups is 1. The molecule has 1 aliphatic heterocycles. The molecule has 1 fully saturated rings. The highest BCUT2D eigenvalue weighted by molar-refractivity contribution is 5.47. The van der Waals surface area contributed by atoms with Crippen LogP contribution in [0, 0.1) is 0 Å². The Bertz CT molecular complexity index is 463. The molecule has 0 radical (unpaired) electrons. The van der Waals surface area contributed by atoms with E-state index in [-0.39, 0.29) is 11.6 Å². The molecule has 2 heterocycles. The first-order valence-electron chi connectivity index (χ1n) is 6.78. The van der Waals surface area contributed by atoms with Crippen molar-refractivity contribution in [1.82, 2.24) is 15.0 Å². The molecule has 0 spiro atoms. The minimum Gasteiger partial charge on any atom is -0.379 e. The van der Waals surface area contributed by atoms with Crippen molar-refractivity contribution in [3.63, 3.8) is 0 Å². The molecular weight excluding hydrogens is 287 g/mol. The molecule has 1 aromatic heterocycles. The SMILES string of the molecule is CCCNc1cc(NN2CCOCC2)nc(C(F)(F)F)n1. The summed E-state index contributed by atoms with van der Waals surface area (Å²) in [6.45, 7) is 4.71. The Labute approximate surface area is 120 Å². The van der Waals surface area contributed by atoms with Crippen molar-refractivity contribution in [2.75, 3.05) is 43.6 Å². The molecule has 1 aliphatic rings. The summed E-state index contributed by atoms with van der Waals surface area (Å²) < 4.78 is 43.7. The molecule has 0 unspecified atom stereocenters. The lowest BCUT2D eigenvalue weighted by Gasteiger charge is -2.27. The average Bonchev–Trinajstić information content (AvgIpc) is 2.45. The Hall–Kier alpha value is -1.61. The predicted octanol–water partition coefficient (Wildman–Crippen LogP) is 1.98. The third kappa shape index (κ3) is 4.71. The van der Waals surface area contributed by atoms with Crippen LogP contribution < -0.4 is 10.7 Å². The number of hydrogen-bond acceptors (Lipinski definition) is 6. The van der Waals surface area contributed by atoms with Gasteiger partial charge in [-0.15, -0.1) is 0 Å². The highest BCUT2D eigenvalue weighted by Crippen LogP contribution is 2.28. The van der Waals surface area contributed by atoms with Crippen molar-refractivity contribution in [1.29, 1.82) is 0 Å². The predicted molar refractivity (Wildman–Crippen MR) is 71.8 cm³/mol. The Morgan fingerprint density at radius 1 is 1.24 bits per heavy atom. The number of anilines is 2. The fourth-order valence-corrected chi connectivity index (χ4v) is 1.81. The van der Waals surface area contributed by atoms with Crippen molar-refractivity contribution in [3.8, 4) is 0 Å². The van der Waals surface area contributed by atoms with Crippen LogP contribution in [0.3, 0.4) is 0 Å². The minimum absolute atomic E-state index is 0.123. The van der Waals surface area contributed by atoms with Gasteiger partial charge < -0.3 is 15.5 Å². The van der Waals surface area contributed by atoms with Crippen molar-refractivity contribution in [3.05, 3.63) is 11.9 Å². The number of ether oxygens (including phenoxy) is 1. The van der Waals surface area contributed by atoms with E-state index in [1.54, 1.807) is 5.01 Å². The summed E-state index contributed by atoms with van der Waals surface area (Å²) >= 11 is 0. The zero-order valence-electron chi connectivity index (χ0n) is 11.7. The first kappa shape index (κ1) is 15.8. The van der Waals surface area contributed by atoms with E-state index in [4.69, 9.17) is 4.74 Å². The van der Waals surface area contributed by atoms with Gasteiger partial charge in [-0.2, -0.15) is 13.2 Å². The highest BCUT2D eigenvalue weighted by atomic mass is 19.4. The molecule has 118 valence electrons. The van der Waals surface area contributed by atoms with Crippen LogP contribution in [0.4, 0.5) is 24.8 Å². The van der Waals surface area contributed by atoms with Crippen LogP contribution >= 0.6 is 0 Å². The second-order valence-electron chi connectivity index (χ2n) is 4.60. The summed E-state index contributed by atoms with van der Waals surface area (Å²) in [4.78, 5) is 7.04. The lowest BCUT2D eigenvalue weighted by atomic mass is 10.4. The number of morpholine rings is 1. The molecule has 0 atom stereocenters. The molecule has 2 N–H and O–H groups in total. The first-order chi connectivity index (χ1) is 9.99. The van der Waals surface area contributed by atoms with E-state index in [9.17, 15) is 13.2 Å². The van der Waals surface area contributed by atoms with Crippen molar-refractivity contribution < 1.29 is 17.9 Å². The maximum absolute atomic E-state index is 12.8. The van der Waals surface area contributed by atoms with Gasteiger partial charge in [0.25, 0.3) is 0 Å². The van der Waals surface area contributed by atoms with Gasteiger partial charge >= 0.3 is 6.18 Å². The topological polar surface area (TPSA) is 62.3 Å². The quantitative estimate of drug-likeness (QED) is 0.867. The summed E-state index contributed by atoms with van der Waals surface area (Å²) in [5.41, 5.74) is 2.87. The lowest BCUT2D eigenvalue weighted by molar-refractivity contribution is -0.144. The van der Waals surface area contributed by atoms with Crippen LogP contribution in [0.15, 0.2) is 6.07 Å². The summed E-state index contributed by atoms with van der Waals surface area (Å²) in [6, 6.07) is 1.47. The van der Waals surface area contributed by atoms with Gasteiger partial charge in [0.15, 0.2) is 0 Å². The van der Waals surface area contributed by atoms with Gasteiger partial charge in [0.1, 0.15) is 11.6 Å². The summed E-state index contributed by atoms with van der Waals surface area (Å²) in [5.74, 6) is -0.868. The number of alkyl halides is 3. The van der Waals surface area contributed by atoms with Crippen molar-refractivity contribution >= 4 is 11.6 Å². The van der Waals surface area contributed by atoms with Crippen molar-refractivity contribution in [2.45, 2.75) is 19.5 Å². The molecular formula is C12H18F3N5O. The zero-order chi connectivity index (χ0) is 15.3. The van der Waals surface area contributed by atoms with Gasteiger partial charge in [0, 0.05) is 25.7 Å². The van der Waals surface area contributed by atoms with Crippen LogP contribution in [0.5, 0.6) is 0 Å². The number of aromatic nitrogens is 2. The van der Waals surface area contributed by atoms with Gasteiger partial charge in [-0.05, 0) is 6.42 Å². The lowest BCUT2D eigenvalue weighted by Crippen LogP contribution is -2.40. The number of nitrogens with zero attached hydrogens (tertiary/aromatic N) is 3. The van der Waals surface area contributed by atoms with Gasteiger partial charge in [0.2, 0.25) is 5.82 Å². The largest absolute Gasteiger partial charge is 0.451 e. The van der Waals surface area contributed by atoms with E-state index in [1.807, 2.05) is 6.92 Å². The van der Waals surface area contributed by atoms with Crippen LogP contribution in [0.25, 0.3) is 0 Å². The molecule has 0 saturated carbocycles. The molecule has 0 bridgehead atoms. The number of rotatable bonds is 5. The van der Waals surface area contributed by atoms with Crippen LogP contribution in [-0.2, 0) is 10.9 Å². The standard InChI is InChI=1S/C12H18F3N5O/c1-2-3-16-9-8-10(18-11(17-9)12(13,14)15)19-20-4-6-21-7-5-20/h8H,2-7H2,1H3,(H2,16,17,18,19). The van der Waals surface area contributed by atoms with E-state index in [1.165, 1.54) is 6.07 Å². The van der Waals surface area contributed by atoms with Crippen molar-refractivity contribution in [2.24, 2.45) is 0 Å². The van der Waals surface area contributed by atoms with Gasteiger partial charge in [-0.3, -0.25) is 0 Å². The van der Waals surface area contributed by atoms with Gasteiger partial charge in [-0.1, -0.05) is 6.92 Å². The zero-order valence-corrected chi connectivity index (χ0v) is 11.7. The van der Waals surface area contributed by atoms with Gasteiger partial charge in [0.05, 0.1) is 13.2 Å². The Morgan fingerprint density at radius 2 is 1.90 bits per heavy atom. The number of hydrogen-bond donors (Lipinski definition) is 2. The Kier molecular flexibility index (Phi) is 5.18. The molecule has 6 nitrogen and oxygen atoms in total. The molecule has 1 saturated heterocycles. The first-order valence-corrected chi connectivity index (χ1v) is 6.78. The molecule has 2 rings (SSSR count). The Morgan fingerprint density at radius 3 is 2.52 bits per heavy atom. The molecule has 0 aromatic carbocycles. The number of halogens is 3. The highest BCUT2D eigenvalue weighted by Gasteiger charge is 2.35. The summed E-state index contributed by atoms with van der Waals surface area (Å²) in [6.07, 6.45) is -3.79. The van der Waals surface area contributed by atoms with E-state index >= 15 is 0 Å². The van der Waals surface area contributed by atoms with Crippen LogP contribution in [0.2, 0.25) is 0 Å². The minimum atomic E-state index is -4.58. The molecule has 1 aromatic rings. The normalized spacial score (nSPS) is 16.8. The molecule has 0 amide bonds. The van der Waals surface area contributed by atoms with E-state index in [0.29, 0.717) is 32.8 Å². The third-order valence-electron chi connectivity index (χ3n) is 2.82.